The molecule has 0 bridgehead atoms. The quantitative estimate of drug-likeness (QED) is 0.156. The number of anilines is 2. The molecule has 0 radical (unpaired) electrons. The molecule has 4 aromatic rings. The Hall–Kier alpha value is -4.58. The third kappa shape index (κ3) is 5.90. The number of amides is 2. The van der Waals surface area contributed by atoms with Gasteiger partial charge in [-0.3, -0.25) is 14.3 Å². The predicted octanol–water partition coefficient (Wildman–Crippen LogP) is 5.38. The summed E-state index contributed by atoms with van der Waals surface area (Å²) < 4.78 is 14.6. The summed E-state index contributed by atoms with van der Waals surface area (Å²) >= 11 is 0. The summed E-state index contributed by atoms with van der Waals surface area (Å²) in [6, 6.07) is 24.1. The highest BCUT2D eigenvalue weighted by molar-refractivity contribution is 6.91. The van der Waals surface area contributed by atoms with Crippen LogP contribution in [0.25, 0.3) is 0 Å². The summed E-state index contributed by atoms with van der Waals surface area (Å²) in [6.45, 7) is 12.3. The topological polar surface area (TPSA) is 110 Å². The molecule has 266 valence electrons. The highest BCUT2D eigenvalue weighted by Crippen LogP contribution is 2.60. The van der Waals surface area contributed by atoms with Gasteiger partial charge in [-0.15, -0.1) is 11.7 Å². The average molecular weight is 706 g/mol. The van der Waals surface area contributed by atoms with Crippen LogP contribution in [0.5, 0.6) is 5.75 Å². The Morgan fingerprint density at radius 3 is 2.55 bits per heavy atom. The Balaban J connectivity index is 1.27. The van der Waals surface area contributed by atoms with Gasteiger partial charge in [0, 0.05) is 49.4 Å². The standard InChI is InChI=1S/C40H47N5O5Si/c1-6-21-45-35-19-14-29(44-22-10-13-37(44)47)24-33(35)40(39(45)48)27(2)38(51(4,5)31-17-15-30(49-3)16-18-31)36(50-40)20-23-43-25-34(41-42-43)32(26-46)28-11-8-7-9-12-28/h6-9,11-12,14-19,24-25,27,32,36,38,46H,1,10,13,20-23,26H2,2-5H3/t27-,32?,36+,38-,40+/m1/s1. The number of rotatable bonds is 12. The first-order valence-corrected chi connectivity index (χ1v) is 21.0. The van der Waals surface area contributed by atoms with E-state index in [2.05, 4.69) is 49.0 Å². The van der Waals surface area contributed by atoms with E-state index in [1.807, 2.05) is 76.4 Å². The number of fused-ring (bicyclic) bond motifs is 2. The number of ether oxygens (including phenoxy) is 2. The van der Waals surface area contributed by atoms with Crippen molar-refractivity contribution in [2.24, 2.45) is 5.92 Å². The third-order valence-electron chi connectivity index (χ3n) is 11.5. The zero-order valence-electron chi connectivity index (χ0n) is 29.9. The number of hydrogen-bond donors (Lipinski definition) is 1. The molecular formula is C40H47N5O5Si. The first kappa shape index (κ1) is 34.8. The minimum absolute atomic E-state index is 0.0425. The van der Waals surface area contributed by atoms with E-state index in [9.17, 15) is 14.7 Å². The number of aryl methyl sites for hydroxylation is 1. The first-order valence-electron chi connectivity index (χ1n) is 17.9. The van der Waals surface area contributed by atoms with E-state index in [1.54, 1.807) is 18.1 Å². The Morgan fingerprint density at radius 2 is 1.88 bits per heavy atom. The maximum Gasteiger partial charge on any atom is 0.264 e. The van der Waals surface area contributed by atoms with Crippen molar-refractivity contribution in [2.75, 3.05) is 36.6 Å². The number of aromatic nitrogens is 3. The number of carbonyl (C=O) groups is 2. The lowest BCUT2D eigenvalue weighted by molar-refractivity contribution is -0.145. The van der Waals surface area contributed by atoms with Crippen LogP contribution >= 0.6 is 0 Å². The van der Waals surface area contributed by atoms with Crippen LogP contribution in [0.2, 0.25) is 18.6 Å². The van der Waals surface area contributed by atoms with E-state index < -0.39 is 13.7 Å². The van der Waals surface area contributed by atoms with Gasteiger partial charge in [-0.05, 0) is 54.3 Å². The second kappa shape index (κ2) is 13.9. The van der Waals surface area contributed by atoms with Crippen LogP contribution in [-0.4, -0.2) is 72.9 Å². The SMILES string of the molecule is C=CCN1C(=O)[C@@]2(O[C@@H](CCn3cc(C(CO)c4ccccc4)nn3)[C@H]([Si](C)(C)c3ccc(OC)cc3)[C@H]2C)c2cc(N3CCCC3=O)ccc21. The van der Waals surface area contributed by atoms with Gasteiger partial charge in [0.15, 0.2) is 5.60 Å². The number of aliphatic hydroxyl groups excluding tert-OH is 1. The normalized spacial score (nSPS) is 23.7. The molecule has 2 fully saturated rings. The Labute approximate surface area is 300 Å². The van der Waals surface area contributed by atoms with Gasteiger partial charge in [-0.1, -0.05) is 79.0 Å². The summed E-state index contributed by atoms with van der Waals surface area (Å²) in [7, 11) is -0.687. The van der Waals surface area contributed by atoms with Crippen molar-refractivity contribution in [3.8, 4) is 5.75 Å². The molecule has 1 aromatic heterocycles. The number of hydrogen-bond acceptors (Lipinski definition) is 7. The number of benzene rings is 3. The van der Waals surface area contributed by atoms with Crippen LogP contribution in [0.1, 0.15) is 48.9 Å². The van der Waals surface area contributed by atoms with Crippen LogP contribution in [-0.2, 0) is 26.5 Å². The van der Waals surface area contributed by atoms with Gasteiger partial charge in [0.1, 0.15) is 5.75 Å². The van der Waals surface area contributed by atoms with Gasteiger partial charge < -0.3 is 24.4 Å². The fourth-order valence-corrected chi connectivity index (χ4v) is 12.9. The maximum atomic E-state index is 14.9. The largest absolute Gasteiger partial charge is 0.497 e. The van der Waals surface area contributed by atoms with E-state index in [4.69, 9.17) is 9.47 Å². The summed E-state index contributed by atoms with van der Waals surface area (Å²) in [5, 5.41) is 20.4. The van der Waals surface area contributed by atoms with Crippen molar-refractivity contribution < 1.29 is 24.2 Å². The molecule has 1 unspecified atom stereocenters. The molecule has 3 aliphatic heterocycles. The lowest BCUT2D eigenvalue weighted by atomic mass is 9.82. The van der Waals surface area contributed by atoms with E-state index in [0.29, 0.717) is 38.2 Å². The molecular weight excluding hydrogens is 659 g/mol. The van der Waals surface area contributed by atoms with Gasteiger partial charge in [0.25, 0.3) is 5.91 Å². The van der Waals surface area contributed by atoms with Crippen molar-refractivity contribution in [2.45, 2.75) is 69.0 Å². The van der Waals surface area contributed by atoms with Gasteiger partial charge in [0.05, 0.1) is 45.2 Å². The molecule has 51 heavy (non-hydrogen) atoms. The molecule has 2 amide bonds. The number of carbonyl (C=O) groups excluding carboxylic acids is 2. The third-order valence-corrected chi connectivity index (χ3v) is 15.8. The molecule has 1 spiro atoms. The van der Waals surface area contributed by atoms with Crippen molar-refractivity contribution >= 4 is 36.4 Å². The van der Waals surface area contributed by atoms with Crippen LogP contribution in [0.3, 0.4) is 0 Å². The van der Waals surface area contributed by atoms with Crippen LogP contribution in [0, 0.1) is 5.92 Å². The van der Waals surface area contributed by atoms with E-state index in [-0.39, 0.29) is 41.9 Å². The van der Waals surface area contributed by atoms with Gasteiger partial charge in [0.2, 0.25) is 5.91 Å². The minimum atomic E-state index is -2.36. The fraction of sp³-hybridized carbons (Fsp3) is 0.400. The first-order chi connectivity index (χ1) is 24.6. The Kier molecular flexibility index (Phi) is 9.47. The smallest absolute Gasteiger partial charge is 0.264 e. The summed E-state index contributed by atoms with van der Waals surface area (Å²) in [4.78, 5) is 31.3. The number of methoxy groups -OCH3 is 1. The molecule has 4 heterocycles. The number of aliphatic hydroxyl groups is 1. The summed E-state index contributed by atoms with van der Waals surface area (Å²) in [5.74, 6) is 0.358. The molecule has 11 heteroatoms. The number of nitrogens with zero attached hydrogens (tertiary/aromatic N) is 5. The lowest BCUT2D eigenvalue weighted by Crippen LogP contribution is -2.52. The van der Waals surface area contributed by atoms with E-state index in [0.717, 1.165) is 34.7 Å². The average Bonchev–Trinajstić information content (AvgIpc) is 3.91. The lowest BCUT2D eigenvalue weighted by Gasteiger charge is -2.37. The van der Waals surface area contributed by atoms with Crippen LogP contribution < -0.4 is 19.7 Å². The molecule has 1 N–H and O–H groups in total. The van der Waals surface area contributed by atoms with Gasteiger partial charge in [-0.25, -0.2) is 0 Å². The van der Waals surface area contributed by atoms with Crippen molar-refractivity contribution in [3.05, 3.63) is 108 Å². The zero-order chi connectivity index (χ0) is 35.9. The second-order valence-corrected chi connectivity index (χ2v) is 19.2. The molecule has 3 aromatic carbocycles. The van der Waals surface area contributed by atoms with Crippen molar-refractivity contribution in [1.29, 1.82) is 0 Å². The molecule has 5 atom stereocenters. The molecule has 10 nitrogen and oxygen atoms in total. The van der Waals surface area contributed by atoms with Crippen LogP contribution in [0.4, 0.5) is 11.4 Å². The van der Waals surface area contributed by atoms with Crippen molar-refractivity contribution in [3.63, 3.8) is 0 Å². The molecule has 7 rings (SSSR count). The monoisotopic (exact) mass is 705 g/mol. The summed E-state index contributed by atoms with van der Waals surface area (Å²) in [6.07, 6.45) is 5.32. The van der Waals surface area contributed by atoms with Crippen molar-refractivity contribution in [1.82, 2.24) is 15.0 Å². The Bertz CT molecular complexity index is 1910. The predicted molar refractivity (Wildman–Crippen MR) is 200 cm³/mol. The zero-order valence-corrected chi connectivity index (χ0v) is 30.9. The Morgan fingerprint density at radius 1 is 1.12 bits per heavy atom. The highest BCUT2D eigenvalue weighted by Gasteiger charge is 2.66. The molecule has 3 aliphatic rings. The van der Waals surface area contributed by atoms with Gasteiger partial charge in [-0.2, -0.15) is 0 Å². The maximum absolute atomic E-state index is 14.9. The molecule has 2 saturated heterocycles. The summed E-state index contributed by atoms with van der Waals surface area (Å²) in [5.41, 5.74) is 2.93. The van der Waals surface area contributed by atoms with E-state index in [1.165, 1.54) is 5.19 Å². The second-order valence-electron chi connectivity index (χ2n) is 14.6. The molecule has 0 saturated carbocycles. The van der Waals surface area contributed by atoms with Gasteiger partial charge >= 0.3 is 0 Å². The van der Waals surface area contributed by atoms with E-state index >= 15 is 0 Å². The fourth-order valence-electron chi connectivity index (χ4n) is 8.87. The molecule has 0 aliphatic carbocycles. The van der Waals surface area contributed by atoms with Crippen LogP contribution in [0.15, 0.2) is 91.6 Å². The highest BCUT2D eigenvalue weighted by atomic mass is 28.3. The minimum Gasteiger partial charge on any atom is -0.497 e.